The van der Waals surface area contributed by atoms with E-state index in [1.165, 1.54) is 7.11 Å². The van der Waals surface area contributed by atoms with Gasteiger partial charge in [-0.05, 0) is 129 Å². The molecule has 0 bridgehead atoms. The van der Waals surface area contributed by atoms with E-state index in [1.54, 1.807) is 6.07 Å². The Morgan fingerprint density at radius 3 is 2.67 bits per heavy atom. The minimum Gasteiger partial charge on any atom is -0.504 e. The largest absolute Gasteiger partial charge is 0.504 e. The quantitative estimate of drug-likeness (QED) is 0.133. The molecule has 9 atom stereocenters. The number of Topliss-reactive ketones (excluding diaryl/α,β-unsaturated/α-hetero) is 2. The van der Waals surface area contributed by atoms with Gasteiger partial charge in [0.15, 0.2) is 17.3 Å². The maximum atomic E-state index is 14.2. The number of phenols is 1. The smallest absolute Gasteiger partial charge is 0.160 e. The first kappa shape index (κ1) is 40.8. The number of rotatable bonds is 12. The summed E-state index contributed by atoms with van der Waals surface area (Å²) in [5.74, 6) is 9.23. The highest BCUT2D eigenvalue weighted by molar-refractivity contribution is 5.89. The van der Waals surface area contributed by atoms with Crippen LogP contribution in [0.1, 0.15) is 106 Å². The molecule has 304 valence electrons. The Bertz CT molecular complexity index is 1910. The van der Waals surface area contributed by atoms with Crippen molar-refractivity contribution < 1.29 is 29.6 Å². The number of nitrogens with one attached hydrogen (secondary N) is 2. The second-order valence-electron chi connectivity index (χ2n) is 17.4. The van der Waals surface area contributed by atoms with Crippen molar-refractivity contribution in [1.29, 1.82) is 0 Å². The summed E-state index contributed by atoms with van der Waals surface area (Å²) in [5.41, 5.74) is 8.87. The number of dihydropyridines is 1. The van der Waals surface area contributed by atoms with Gasteiger partial charge in [0, 0.05) is 43.7 Å². The second kappa shape index (κ2) is 18.5. The Morgan fingerprint density at radius 2 is 1.88 bits per heavy atom. The molecule has 0 radical (unpaired) electrons. The molecule has 9 unspecified atom stereocenters. The predicted octanol–water partition coefficient (Wildman–Crippen LogP) is 6.47. The minimum absolute atomic E-state index is 0.0124. The summed E-state index contributed by atoms with van der Waals surface area (Å²) in [6, 6.07) is 14.0. The lowest BCUT2D eigenvalue weighted by atomic mass is 9.64. The van der Waals surface area contributed by atoms with Crippen molar-refractivity contribution in [2.75, 3.05) is 20.2 Å². The zero-order valence-electron chi connectivity index (χ0n) is 33.4. The van der Waals surface area contributed by atoms with Crippen LogP contribution in [0.4, 0.5) is 0 Å². The van der Waals surface area contributed by atoms with E-state index in [1.807, 2.05) is 30.3 Å². The summed E-state index contributed by atoms with van der Waals surface area (Å²) in [6.07, 6.45) is 16.4. The van der Waals surface area contributed by atoms with Crippen molar-refractivity contribution in [1.82, 2.24) is 10.6 Å². The fourth-order valence-corrected chi connectivity index (χ4v) is 10.2. The molecule has 2 saturated carbocycles. The van der Waals surface area contributed by atoms with Crippen LogP contribution in [0.25, 0.3) is 6.08 Å². The number of hydrogen-bond donors (Lipinski definition) is 6. The van der Waals surface area contributed by atoms with E-state index < -0.39 is 17.6 Å². The maximum Gasteiger partial charge on any atom is 0.160 e. The van der Waals surface area contributed by atoms with Crippen molar-refractivity contribution in [3.05, 3.63) is 88.8 Å². The molecule has 2 aliphatic heterocycles. The van der Waals surface area contributed by atoms with Gasteiger partial charge >= 0.3 is 0 Å². The van der Waals surface area contributed by atoms with Gasteiger partial charge in [-0.25, -0.2) is 0 Å². The zero-order valence-corrected chi connectivity index (χ0v) is 33.4. The number of hydrogen-bond acceptors (Lipinski definition) is 9. The molecule has 3 aliphatic carbocycles. The maximum absolute atomic E-state index is 14.2. The van der Waals surface area contributed by atoms with Crippen molar-refractivity contribution >= 4 is 17.6 Å². The van der Waals surface area contributed by atoms with Gasteiger partial charge in [-0.3, -0.25) is 9.59 Å². The number of phenolic OH excluding ortho intramolecular Hbond substituents is 1. The Kier molecular flexibility index (Phi) is 13.2. The average molecular weight is 776 g/mol. The van der Waals surface area contributed by atoms with Crippen LogP contribution in [-0.2, 0) is 16.0 Å². The fourth-order valence-electron chi connectivity index (χ4n) is 10.2. The molecular formula is C48H61N3O6. The summed E-state index contributed by atoms with van der Waals surface area (Å²) in [5, 5.41) is 41.2. The number of carbonyl (C=O) groups excluding carboxylic acids is 2. The predicted molar refractivity (Wildman–Crippen MR) is 223 cm³/mol. The molecule has 1 spiro atoms. The fraction of sp³-hybridized carbons (Fsp3) is 0.542. The number of aromatic hydroxyl groups is 1. The van der Waals surface area contributed by atoms with E-state index in [2.05, 4.69) is 52.8 Å². The number of allylic oxidation sites excluding steroid dienone is 3. The molecule has 1 saturated heterocycles. The highest BCUT2D eigenvalue weighted by atomic mass is 16.5. The minimum atomic E-state index is -1.14. The molecule has 2 aromatic rings. The number of carbonyl (C=O) groups is 2. The Morgan fingerprint density at radius 1 is 1.05 bits per heavy atom. The highest BCUT2D eigenvalue weighted by Crippen LogP contribution is 2.45. The molecule has 9 nitrogen and oxygen atoms in total. The molecular weight excluding hydrogens is 715 g/mol. The number of aliphatic hydroxyl groups is 2. The molecule has 0 aromatic heterocycles. The summed E-state index contributed by atoms with van der Waals surface area (Å²) in [4.78, 5) is 26.2. The number of aryl methyl sites for hydroxylation is 1. The van der Waals surface area contributed by atoms with Crippen molar-refractivity contribution in [3.8, 4) is 23.3 Å². The summed E-state index contributed by atoms with van der Waals surface area (Å²) in [7, 11) is 1.52. The van der Waals surface area contributed by atoms with Gasteiger partial charge in [0.1, 0.15) is 11.2 Å². The van der Waals surface area contributed by atoms with E-state index >= 15 is 0 Å². The van der Waals surface area contributed by atoms with Crippen LogP contribution in [0, 0.1) is 40.9 Å². The third kappa shape index (κ3) is 9.85. The third-order valence-electron chi connectivity index (χ3n) is 13.6. The lowest BCUT2D eigenvalue weighted by Gasteiger charge is -2.42. The standard InChI is InChI=1S/C48H61N3O6/c1-57-44-26-37-13-16-45(55)48(20-17-32(24-46(48)56)7-8-33-23-38-12-15-40(53)28-42(38)51-30-33)21-18-34(41(37)29-43(44)54)11-14-39(52)25-35(36-19-22-50-47(49)27-36)10-9-31-5-3-2-4-6-31/h2-6,9-10,19,26-27,29,32-35,38-39,42,46,50-52,54,56H,7-8,11-17,20,22-25,28,30,49H2,1H3. The van der Waals surface area contributed by atoms with E-state index in [0.717, 1.165) is 60.9 Å². The molecule has 9 heteroatoms. The van der Waals surface area contributed by atoms with E-state index in [-0.39, 0.29) is 29.8 Å². The van der Waals surface area contributed by atoms with Crippen LogP contribution in [0.15, 0.2) is 72.1 Å². The Hall–Kier alpha value is -4.36. The number of nitrogens with two attached hydrogens (primary N) is 1. The Balaban J connectivity index is 1.06. The van der Waals surface area contributed by atoms with Gasteiger partial charge in [0.05, 0.1) is 25.1 Å². The van der Waals surface area contributed by atoms with Gasteiger partial charge in [0.25, 0.3) is 0 Å². The van der Waals surface area contributed by atoms with Gasteiger partial charge in [-0.2, -0.15) is 0 Å². The summed E-state index contributed by atoms with van der Waals surface area (Å²) < 4.78 is 5.48. The second-order valence-corrected chi connectivity index (χ2v) is 17.4. The van der Waals surface area contributed by atoms with Gasteiger partial charge in [-0.1, -0.05) is 66.8 Å². The highest BCUT2D eigenvalue weighted by Gasteiger charge is 2.47. The van der Waals surface area contributed by atoms with Crippen molar-refractivity contribution in [2.45, 2.75) is 114 Å². The molecule has 5 aliphatic rings. The van der Waals surface area contributed by atoms with E-state index in [4.69, 9.17) is 10.5 Å². The molecule has 3 fully saturated rings. The van der Waals surface area contributed by atoms with Crippen LogP contribution >= 0.6 is 0 Å². The lowest BCUT2D eigenvalue weighted by molar-refractivity contribution is -0.134. The third-order valence-corrected chi connectivity index (χ3v) is 13.6. The number of fused-ring (bicyclic) bond motifs is 2. The topological polar surface area (TPSA) is 154 Å². The van der Waals surface area contributed by atoms with Crippen LogP contribution in [0.3, 0.4) is 0 Å². The molecule has 2 aromatic carbocycles. The molecule has 0 amide bonds. The lowest BCUT2D eigenvalue weighted by Crippen LogP contribution is -2.49. The van der Waals surface area contributed by atoms with Crippen molar-refractivity contribution in [3.63, 3.8) is 0 Å². The average Bonchev–Trinajstić information content (AvgIpc) is 3.26. The Labute approximate surface area is 338 Å². The molecule has 2 heterocycles. The van der Waals surface area contributed by atoms with Crippen LogP contribution < -0.4 is 21.1 Å². The molecule has 57 heavy (non-hydrogen) atoms. The van der Waals surface area contributed by atoms with Gasteiger partial charge in [-0.15, -0.1) is 0 Å². The SMILES string of the molecule is COc1cc2c(cc1O)C(CCC(O)CC(C=Cc1ccccc1)C1=CCNC(N)=C1)C#CC1(CCC(CCC3CNC4CC(=O)CCC4C3)CC1O)C(=O)CC2. The van der Waals surface area contributed by atoms with Gasteiger partial charge in [0.2, 0.25) is 0 Å². The van der Waals surface area contributed by atoms with Crippen LogP contribution in [0.2, 0.25) is 0 Å². The van der Waals surface area contributed by atoms with E-state index in [0.29, 0.717) is 99.1 Å². The summed E-state index contributed by atoms with van der Waals surface area (Å²) in [6.45, 7) is 1.57. The number of ether oxygens (including phenoxy) is 1. The first-order valence-electron chi connectivity index (χ1n) is 21.3. The number of benzene rings is 2. The zero-order chi connectivity index (χ0) is 39.9. The normalized spacial score (nSPS) is 29.9. The van der Waals surface area contributed by atoms with Crippen LogP contribution in [0.5, 0.6) is 11.5 Å². The number of piperidine rings is 1. The summed E-state index contributed by atoms with van der Waals surface area (Å²) >= 11 is 0. The first-order chi connectivity index (χ1) is 27.6. The molecule has 7 N–H and O–H groups in total. The first-order valence-corrected chi connectivity index (χ1v) is 21.3. The number of ketones is 2. The van der Waals surface area contributed by atoms with Crippen molar-refractivity contribution in [2.24, 2.45) is 34.8 Å². The van der Waals surface area contributed by atoms with E-state index in [9.17, 15) is 24.9 Å². The number of methoxy groups -OCH3 is 1. The monoisotopic (exact) mass is 775 g/mol. The number of aliphatic hydroxyl groups excluding tert-OH is 2. The molecule has 7 rings (SSSR count). The van der Waals surface area contributed by atoms with Gasteiger partial charge < -0.3 is 36.4 Å². The van der Waals surface area contributed by atoms with Crippen LogP contribution in [-0.4, -0.2) is 65.3 Å².